The Morgan fingerprint density at radius 1 is 1.26 bits per heavy atom. The Labute approximate surface area is 112 Å². The largest absolute Gasteiger partial charge is 0.399 e. The maximum absolute atomic E-state index is 10.0. The van der Waals surface area contributed by atoms with Crippen LogP contribution in [0.1, 0.15) is 0 Å². The van der Waals surface area contributed by atoms with Crippen LogP contribution in [0.25, 0.3) is 0 Å². The molecule has 3 atom stereocenters. The summed E-state index contributed by atoms with van der Waals surface area (Å²) < 4.78 is 0. The van der Waals surface area contributed by atoms with E-state index in [1.807, 2.05) is 17.0 Å². The summed E-state index contributed by atoms with van der Waals surface area (Å²) in [5.41, 5.74) is 7.25. The molecule has 0 bridgehead atoms. The minimum absolute atomic E-state index is 0.0488. The summed E-state index contributed by atoms with van der Waals surface area (Å²) in [5.74, 6) is 0. The van der Waals surface area contributed by atoms with Gasteiger partial charge in [-0.2, -0.15) is 0 Å². The molecule has 0 radical (unpaired) electrons. The van der Waals surface area contributed by atoms with Crippen LogP contribution >= 0.6 is 0 Å². The van der Waals surface area contributed by atoms with Gasteiger partial charge in [0.05, 0.1) is 18.8 Å². The highest BCUT2D eigenvalue weighted by Gasteiger charge is 2.39. The average molecular weight is 267 g/mol. The van der Waals surface area contributed by atoms with Gasteiger partial charge in [0.15, 0.2) is 0 Å². The zero-order valence-corrected chi connectivity index (χ0v) is 10.7. The van der Waals surface area contributed by atoms with E-state index in [9.17, 15) is 10.2 Å². The van der Waals surface area contributed by atoms with E-state index in [2.05, 4.69) is 5.32 Å². The van der Waals surface area contributed by atoms with Gasteiger partial charge in [0.2, 0.25) is 0 Å². The van der Waals surface area contributed by atoms with Crippen molar-refractivity contribution in [3.05, 3.63) is 24.3 Å². The molecular formula is C13H21N3O3. The van der Waals surface area contributed by atoms with E-state index < -0.39 is 12.2 Å². The van der Waals surface area contributed by atoms with Crippen LogP contribution in [0.5, 0.6) is 0 Å². The number of aliphatic hydroxyl groups excluding tert-OH is 3. The molecule has 1 heterocycles. The van der Waals surface area contributed by atoms with Gasteiger partial charge in [0.1, 0.15) is 6.10 Å². The minimum Gasteiger partial charge on any atom is -0.399 e. The van der Waals surface area contributed by atoms with Crippen molar-refractivity contribution < 1.29 is 15.3 Å². The Morgan fingerprint density at radius 2 is 1.95 bits per heavy atom. The first kappa shape index (κ1) is 14.1. The van der Waals surface area contributed by atoms with Crippen LogP contribution in [-0.4, -0.2) is 59.8 Å². The molecule has 1 aromatic carbocycles. The number of nitrogen functional groups attached to an aromatic ring is 1. The first-order chi connectivity index (χ1) is 9.13. The van der Waals surface area contributed by atoms with Crippen LogP contribution in [0, 0.1) is 0 Å². The minimum atomic E-state index is -0.802. The summed E-state index contributed by atoms with van der Waals surface area (Å²) in [4.78, 5) is 1.96. The molecule has 1 aromatic rings. The number of nitrogens with one attached hydrogen (secondary N) is 1. The fraction of sp³-hybridized carbons (Fsp3) is 0.538. The lowest BCUT2D eigenvalue weighted by molar-refractivity contribution is 0.0410. The van der Waals surface area contributed by atoms with Gasteiger partial charge in [-0.25, -0.2) is 0 Å². The average Bonchev–Trinajstić information content (AvgIpc) is 2.68. The number of hydrogen-bond acceptors (Lipinski definition) is 6. The second kappa shape index (κ2) is 6.21. The molecule has 0 aromatic heterocycles. The Balaban J connectivity index is 2.10. The highest BCUT2D eigenvalue weighted by atomic mass is 16.3. The van der Waals surface area contributed by atoms with Gasteiger partial charge in [0, 0.05) is 31.0 Å². The molecule has 2 rings (SSSR count). The molecule has 0 amide bonds. The maximum atomic E-state index is 10.0. The lowest BCUT2D eigenvalue weighted by Gasteiger charge is -2.28. The van der Waals surface area contributed by atoms with Gasteiger partial charge in [-0.1, -0.05) is 0 Å². The van der Waals surface area contributed by atoms with Gasteiger partial charge in [0.25, 0.3) is 0 Å². The third kappa shape index (κ3) is 3.16. The topological polar surface area (TPSA) is 102 Å². The van der Waals surface area contributed by atoms with Crippen molar-refractivity contribution in [2.45, 2.75) is 18.2 Å². The molecule has 6 N–H and O–H groups in total. The van der Waals surface area contributed by atoms with E-state index in [1.54, 1.807) is 12.1 Å². The Kier molecular flexibility index (Phi) is 4.60. The van der Waals surface area contributed by atoms with E-state index in [-0.39, 0.29) is 12.6 Å². The molecule has 0 aliphatic carbocycles. The van der Waals surface area contributed by atoms with Gasteiger partial charge in [-0.15, -0.1) is 0 Å². The summed E-state index contributed by atoms with van der Waals surface area (Å²) in [5, 5.41) is 31.7. The van der Waals surface area contributed by atoms with E-state index in [4.69, 9.17) is 10.8 Å². The van der Waals surface area contributed by atoms with Crippen LogP contribution in [0.15, 0.2) is 24.3 Å². The summed E-state index contributed by atoms with van der Waals surface area (Å²) in [6.45, 7) is 1.40. The number of rotatable bonds is 5. The Morgan fingerprint density at radius 3 is 2.58 bits per heavy atom. The quantitative estimate of drug-likeness (QED) is 0.338. The van der Waals surface area contributed by atoms with Crippen molar-refractivity contribution in [3.8, 4) is 0 Å². The van der Waals surface area contributed by atoms with Gasteiger partial charge < -0.3 is 31.3 Å². The van der Waals surface area contributed by atoms with E-state index in [1.165, 1.54) is 0 Å². The summed E-state index contributed by atoms with van der Waals surface area (Å²) in [6, 6.07) is 7.12. The number of β-amino-alcohol motifs (C(OH)–C–C–N with tert-alkyl or cyclic N) is 1. The SMILES string of the molecule is Nc1ccc(N2CC(O)C(O)C2CNCCO)cc1. The molecule has 1 aliphatic heterocycles. The lowest BCUT2D eigenvalue weighted by atomic mass is 10.1. The molecule has 6 heteroatoms. The second-order valence-corrected chi connectivity index (χ2v) is 4.80. The normalized spacial score (nSPS) is 26.9. The van der Waals surface area contributed by atoms with Gasteiger partial charge in [-0.05, 0) is 24.3 Å². The van der Waals surface area contributed by atoms with Crippen LogP contribution in [0.4, 0.5) is 11.4 Å². The number of nitrogens with two attached hydrogens (primary N) is 1. The summed E-state index contributed by atoms with van der Waals surface area (Å²) >= 11 is 0. The van der Waals surface area contributed by atoms with Crippen LogP contribution in [0.3, 0.4) is 0 Å². The molecule has 106 valence electrons. The second-order valence-electron chi connectivity index (χ2n) is 4.80. The van der Waals surface area contributed by atoms with Crippen molar-refractivity contribution in [2.75, 3.05) is 36.9 Å². The smallest absolute Gasteiger partial charge is 0.103 e. The third-order valence-electron chi connectivity index (χ3n) is 3.44. The van der Waals surface area contributed by atoms with Crippen molar-refractivity contribution in [3.63, 3.8) is 0 Å². The molecule has 3 unspecified atom stereocenters. The zero-order valence-electron chi connectivity index (χ0n) is 10.7. The zero-order chi connectivity index (χ0) is 13.8. The number of nitrogens with zero attached hydrogens (tertiary/aromatic N) is 1. The monoisotopic (exact) mass is 267 g/mol. The fourth-order valence-corrected chi connectivity index (χ4v) is 2.41. The van der Waals surface area contributed by atoms with Gasteiger partial charge >= 0.3 is 0 Å². The highest BCUT2D eigenvalue weighted by Crippen LogP contribution is 2.26. The predicted molar refractivity (Wildman–Crippen MR) is 74.0 cm³/mol. The lowest BCUT2D eigenvalue weighted by Crippen LogP contribution is -2.44. The standard InChI is InChI=1S/C13H21N3O3/c14-9-1-3-10(4-2-9)16-8-12(18)13(19)11(16)7-15-5-6-17/h1-4,11-13,15,17-19H,5-8,14H2. The van der Waals surface area contributed by atoms with Gasteiger partial charge in [-0.3, -0.25) is 0 Å². The molecule has 1 fully saturated rings. The molecule has 19 heavy (non-hydrogen) atoms. The number of aliphatic hydroxyl groups is 3. The molecule has 1 aliphatic rings. The molecule has 1 saturated heterocycles. The van der Waals surface area contributed by atoms with Crippen LogP contribution in [0.2, 0.25) is 0 Å². The molecule has 0 saturated carbocycles. The van der Waals surface area contributed by atoms with Crippen molar-refractivity contribution in [1.82, 2.24) is 5.32 Å². The van der Waals surface area contributed by atoms with E-state index in [0.29, 0.717) is 25.3 Å². The third-order valence-corrected chi connectivity index (χ3v) is 3.44. The fourth-order valence-electron chi connectivity index (χ4n) is 2.41. The maximum Gasteiger partial charge on any atom is 0.103 e. The molecule has 6 nitrogen and oxygen atoms in total. The Hall–Kier alpha value is -1.34. The van der Waals surface area contributed by atoms with E-state index in [0.717, 1.165) is 5.69 Å². The molecule has 0 spiro atoms. The van der Waals surface area contributed by atoms with Crippen LogP contribution < -0.4 is 16.0 Å². The molecular weight excluding hydrogens is 246 g/mol. The number of benzene rings is 1. The van der Waals surface area contributed by atoms with E-state index >= 15 is 0 Å². The summed E-state index contributed by atoms with van der Waals surface area (Å²) in [7, 11) is 0. The summed E-state index contributed by atoms with van der Waals surface area (Å²) in [6.07, 6.45) is -1.57. The van der Waals surface area contributed by atoms with Crippen molar-refractivity contribution in [2.24, 2.45) is 0 Å². The number of hydrogen-bond donors (Lipinski definition) is 5. The van der Waals surface area contributed by atoms with Crippen LogP contribution in [-0.2, 0) is 0 Å². The van der Waals surface area contributed by atoms with Crippen molar-refractivity contribution in [1.29, 1.82) is 0 Å². The predicted octanol–water partition coefficient (Wildman–Crippen LogP) is -1.24. The highest BCUT2D eigenvalue weighted by molar-refractivity contribution is 5.55. The van der Waals surface area contributed by atoms with Crippen molar-refractivity contribution >= 4 is 11.4 Å². The Bertz CT molecular complexity index is 399. The first-order valence-electron chi connectivity index (χ1n) is 6.43. The number of anilines is 2. The first-order valence-corrected chi connectivity index (χ1v) is 6.43.